The lowest BCUT2D eigenvalue weighted by atomic mass is 9.98. The molecular weight excluding hydrogens is 296 g/mol. The Morgan fingerprint density at radius 2 is 2.00 bits per heavy atom. The van der Waals surface area contributed by atoms with Crippen molar-refractivity contribution in [1.29, 1.82) is 0 Å². The predicted octanol–water partition coefficient (Wildman–Crippen LogP) is 2.45. The Bertz CT molecular complexity index is 320. The first kappa shape index (κ1) is 21.2. The van der Waals surface area contributed by atoms with Gasteiger partial charge in [0.15, 0.2) is 12.5 Å². The number of aliphatic hydroxyl groups is 2. The van der Waals surface area contributed by atoms with Gasteiger partial charge in [-0.3, -0.25) is 0 Å². The zero-order valence-corrected chi connectivity index (χ0v) is 13.9. The van der Waals surface area contributed by atoms with Crippen LogP contribution >= 0.6 is 0 Å². The topological polar surface area (TPSA) is 71.3 Å². The smallest absolute Gasteiger partial charge is 0.186 e. The van der Waals surface area contributed by atoms with Crippen LogP contribution in [0.3, 0.4) is 0 Å². The third kappa shape index (κ3) is 6.54. The van der Waals surface area contributed by atoms with Gasteiger partial charge in [0.2, 0.25) is 0 Å². The maximum Gasteiger partial charge on any atom is 0.186 e. The molecule has 22 heavy (non-hydrogen) atoms. The predicted molar refractivity (Wildman–Crippen MR) is 81.1 cm³/mol. The molecule has 7 atom stereocenters. The largest absolute Gasteiger partial charge is 0.399 e. The summed E-state index contributed by atoms with van der Waals surface area (Å²) < 4.78 is 30.7. The van der Waals surface area contributed by atoms with Gasteiger partial charge in [0, 0.05) is 11.8 Å². The average Bonchev–Trinajstić information content (AvgIpc) is 2.78. The molecule has 1 fully saturated rings. The van der Waals surface area contributed by atoms with E-state index >= 15 is 0 Å². The first-order valence-corrected chi connectivity index (χ1v) is 7.66. The van der Waals surface area contributed by atoms with Gasteiger partial charge < -0.3 is 19.8 Å². The summed E-state index contributed by atoms with van der Waals surface area (Å²) >= 11 is 0. The molecule has 0 bridgehead atoms. The number of ether oxygens (including phenoxy) is 1. The van der Waals surface area contributed by atoms with E-state index in [0.717, 1.165) is 12.6 Å². The molecular formula is C15H29F2NO4. The van der Waals surface area contributed by atoms with Crippen molar-refractivity contribution >= 4 is 6.21 Å². The summed E-state index contributed by atoms with van der Waals surface area (Å²) in [6.45, 7) is 7.13. The molecule has 1 unspecified atom stereocenters. The molecule has 0 saturated carbocycles. The summed E-state index contributed by atoms with van der Waals surface area (Å²) in [5.74, 6) is -0.603. The van der Waals surface area contributed by atoms with Crippen LogP contribution in [0.5, 0.6) is 0 Å². The van der Waals surface area contributed by atoms with Crippen LogP contribution in [0.2, 0.25) is 0 Å². The second-order valence-electron chi connectivity index (χ2n) is 5.49. The van der Waals surface area contributed by atoms with Crippen LogP contribution in [0.15, 0.2) is 5.16 Å². The van der Waals surface area contributed by atoms with Gasteiger partial charge in [-0.25, -0.2) is 8.78 Å². The van der Waals surface area contributed by atoms with E-state index in [4.69, 9.17) is 9.84 Å². The molecule has 1 rings (SSSR count). The van der Waals surface area contributed by atoms with Crippen LogP contribution in [0.25, 0.3) is 0 Å². The van der Waals surface area contributed by atoms with Gasteiger partial charge in [0.1, 0.15) is 13.3 Å². The van der Waals surface area contributed by atoms with Gasteiger partial charge in [0.25, 0.3) is 0 Å². The molecule has 132 valence electrons. The van der Waals surface area contributed by atoms with E-state index in [1.807, 2.05) is 6.92 Å². The minimum absolute atomic E-state index is 0.106. The lowest BCUT2D eigenvalue weighted by Gasteiger charge is -2.17. The van der Waals surface area contributed by atoms with Gasteiger partial charge in [-0.2, -0.15) is 0 Å². The maximum absolute atomic E-state index is 13.0. The van der Waals surface area contributed by atoms with Crippen LogP contribution in [0.4, 0.5) is 8.78 Å². The minimum atomic E-state index is -1.25. The molecule has 0 aliphatic carbocycles. The van der Waals surface area contributed by atoms with Gasteiger partial charge in [0.05, 0.1) is 18.4 Å². The fourth-order valence-electron chi connectivity index (χ4n) is 2.15. The number of halogens is 2. The van der Waals surface area contributed by atoms with Crippen LogP contribution in [0, 0.1) is 11.8 Å². The zero-order valence-electron chi connectivity index (χ0n) is 13.9. The average molecular weight is 325 g/mol. The van der Waals surface area contributed by atoms with Crippen LogP contribution in [0.1, 0.15) is 40.5 Å². The Labute approximate surface area is 131 Å². The van der Waals surface area contributed by atoms with E-state index in [1.165, 1.54) is 7.11 Å². The molecule has 0 aromatic heterocycles. The Morgan fingerprint density at radius 1 is 1.41 bits per heavy atom. The summed E-state index contributed by atoms with van der Waals surface area (Å²) in [5, 5.41) is 21.4. The Morgan fingerprint density at radius 3 is 2.32 bits per heavy atom. The SMILES string of the molecule is CC[C@@H](O)[C@@H](C)[C@H](F)/C=N/OC.CC[C@H]1OC(O)[C@@H](F)[C@@H]1C. The van der Waals surface area contributed by atoms with Crippen molar-refractivity contribution in [3.8, 4) is 0 Å². The third-order valence-corrected chi connectivity index (χ3v) is 3.91. The van der Waals surface area contributed by atoms with E-state index in [9.17, 15) is 13.9 Å². The van der Waals surface area contributed by atoms with E-state index in [-0.39, 0.29) is 12.0 Å². The maximum atomic E-state index is 13.0. The molecule has 5 nitrogen and oxygen atoms in total. The fourth-order valence-corrected chi connectivity index (χ4v) is 2.15. The van der Waals surface area contributed by atoms with Crippen molar-refractivity contribution in [2.45, 2.75) is 71.4 Å². The van der Waals surface area contributed by atoms with Crippen molar-refractivity contribution in [1.82, 2.24) is 0 Å². The molecule has 1 heterocycles. The third-order valence-electron chi connectivity index (χ3n) is 3.91. The second kappa shape index (κ2) is 10.9. The molecule has 2 N–H and O–H groups in total. The Hall–Kier alpha value is -0.790. The molecule has 1 aliphatic rings. The highest BCUT2D eigenvalue weighted by Crippen LogP contribution is 2.29. The number of hydrogen-bond acceptors (Lipinski definition) is 5. The van der Waals surface area contributed by atoms with Crippen molar-refractivity contribution in [3.05, 3.63) is 0 Å². The number of rotatable bonds is 6. The van der Waals surface area contributed by atoms with E-state index < -0.39 is 30.7 Å². The zero-order chi connectivity index (χ0) is 17.3. The quantitative estimate of drug-likeness (QED) is 0.581. The standard InChI is InChI=1S/C8H16FNO2.C7H13FO2/c1-4-8(11)6(2)7(9)5-10-12-3;1-3-5-4(2)6(8)7(9)10-5/h5-8,11H,4H2,1-3H3;4-7,9H,3H2,1-2H3/b10-5+;/t6-,7+,8+;4-,5-,6+,7?/m01/s1. The van der Waals surface area contributed by atoms with Crippen molar-refractivity contribution in [2.24, 2.45) is 17.0 Å². The van der Waals surface area contributed by atoms with Crippen LogP contribution in [-0.4, -0.2) is 54.4 Å². The molecule has 0 aromatic rings. The molecule has 0 radical (unpaired) electrons. The Kier molecular flexibility index (Phi) is 10.5. The first-order chi connectivity index (χ1) is 10.3. The number of oxime groups is 1. The molecule has 0 spiro atoms. The highest BCUT2D eigenvalue weighted by Gasteiger charge is 2.39. The summed E-state index contributed by atoms with van der Waals surface area (Å²) in [5.41, 5.74) is 0. The van der Waals surface area contributed by atoms with Gasteiger partial charge >= 0.3 is 0 Å². The van der Waals surface area contributed by atoms with Crippen LogP contribution < -0.4 is 0 Å². The van der Waals surface area contributed by atoms with Crippen LogP contribution in [-0.2, 0) is 9.57 Å². The number of aliphatic hydroxyl groups excluding tert-OH is 2. The molecule has 1 aliphatic heterocycles. The highest BCUT2D eigenvalue weighted by molar-refractivity contribution is 5.62. The van der Waals surface area contributed by atoms with Gasteiger partial charge in [-0.1, -0.05) is 32.9 Å². The highest BCUT2D eigenvalue weighted by atomic mass is 19.1. The van der Waals surface area contributed by atoms with Gasteiger partial charge in [-0.05, 0) is 12.8 Å². The van der Waals surface area contributed by atoms with Crippen molar-refractivity contribution in [2.75, 3.05) is 7.11 Å². The number of nitrogens with zero attached hydrogens (tertiary/aromatic N) is 1. The molecule has 7 heteroatoms. The summed E-state index contributed by atoms with van der Waals surface area (Å²) in [7, 11) is 1.35. The lowest BCUT2D eigenvalue weighted by molar-refractivity contribution is -0.112. The second-order valence-corrected chi connectivity index (χ2v) is 5.49. The molecule has 1 saturated heterocycles. The number of alkyl halides is 2. The van der Waals surface area contributed by atoms with E-state index in [1.54, 1.807) is 20.8 Å². The fraction of sp³-hybridized carbons (Fsp3) is 0.933. The lowest BCUT2D eigenvalue weighted by Crippen LogP contribution is -2.27. The van der Waals surface area contributed by atoms with E-state index in [2.05, 4.69) is 9.99 Å². The minimum Gasteiger partial charge on any atom is -0.399 e. The molecule has 0 aromatic carbocycles. The van der Waals surface area contributed by atoms with E-state index in [0.29, 0.717) is 6.42 Å². The monoisotopic (exact) mass is 325 g/mol. The van der Waals surface area contributed by atoms with Gasteiger partial charge in [-0.15, -0.1) is 0 Å². The summed E-state index contributed by atoms with van der Waals surface area (Å²) in [4.78, 5) is 4.32. The summed E-state index contributed by atoms with van der Waals surface area (Å²) in [6.07, 6.45) is -2.01. The molecule has 0 amide bonds. The first-order valence-electron chi connectivity index (χ1n) is 7.66. The number of hydrogen-bond donors (Lipinski definition) is 2. The van der Waals surface area contributed by atoms with Crippen molar-refractivity contribution in [3.63, 3.8) is 0 Å². The normalized spacial score (nSPS) is 32.2. The summed E-state index contributed by atoms with van der Waals surface area (Å²) in [6, 6.07) is 0. The van der Waals surface area contributed by atoms with Crippen molar-refractivity contribution < 1.29 is 28.6 Å². The Balaban J connectivity index is 0.000000406.